The minimum absolute atomic E-state index is 0.262. The second kappa shape index (κ2) is 5.03. The normalized spacial score (nSPS) is 9.65. The SMILES string of the molecule is COc1cc(C#N)cc(OCc2ccno2)c1. The molecule has 0 fully saturated rings. The lowest BCUT2D eigenvalue weighted by Gasteiger charge is -2.06. The Morgan fingerprint density at radius 2 is 2.18 bits per heavy atom. The van der Waals surface area contributed by atoms with Gasteiger partial charge in [0.1, 0.15) is 18.1 Å². The van der Waals surface area contributed by atoms with Crippen molar-refractivity contribution in [1.29, 1.82) is 5.26 Å². The molecule has 0 amide bonds. The minimum Gasteiger partial charge on any atom is -0.497 e. The second-order valence-corrected chi connectivity index (χ2v) is 3.28. The highest BCUT2D eigenvalue weighted by atomic mass is 16.5. The molecule has 0 aliphatic carbocycles. The number of nitriles is 1. The quantitative estimate of drug-likeness (QED) is 0.804. The Morgan fingerprint density at radius 1 is 1.35 bits per heavy atom. The van der Waals surface area contributed by atoms with Crippen LogP contribution in [0.2, 0.25) is 0 Å². The first-order chi connectivity index (χ1) is 8.31. The minimum atomic E-state index is 0.262. The molecule has 0 atom stereocenters. The summed E-state index contributed by atoms with van der Waals surface area (Å²) < 4.78 is 15.4. The summed E-state index contributed by atoms with van der Waals surface area (Å²) in [6.07, 6.45) is 1.55. The monoisotopic (exact) mass is 230 g/mol. The average molecular weight is 230 g/mol. The van der Waals surface area contributed by atoms with E-state index in [-0.39, 0.29) is 6.61 Å². The van der Waals surface area contributed by atoms with E-state index in [1.54, 1.807) is 30.5 Å². The molecular weight excluding hydrogens is 220 g/mol. The van der Waals surface area contributed by atoms with Gasteiger partial charge in [0.15, 0.2) is 5.76 Å². The Balaban J connectivity index is 2.12. The maximum atomic E-state index is 8.84. The summed E-state index contributed by atoms with van der Waals surface area (Å²) in [4.78, 5) is 0. The highest BCUT2D eigenvalue weighted by Crippen LogP contribution is 2.23. The fourth-order valence-corrected chi connectivity index (χ4v) is 1.31. The van der Waals surface area contributed by atoms with Crippen LogP contribution in [0.4, 0.5) is 0 Å². The van der Waals surface area contributed by atoms with Crippen LogP contribution in [-0.4, -0.2) is 12.3 Å². The average Bonchev–Trinajstić information content (AvgIpc) is 2.89. The van der Waals surface area contributed by atoms with Crippen LogP contribution < -0.4 is 9.47 Å². The van der Waals surface area contributed by atoms with Gasteiger partial charge >= 0.3 is 0 Å². The number of methoxy groups -OCH3 is 1. The summed E-state index contributed by atoms with van der Waals surface area (Å²) in [6.45, 7) is 0.262. The number of nitrogens with zero attached hydrogens (tertiary/aromatic N) is 2. The molecule has 2 rings (SSSR count). The number of hydrogen-bond donors (Lipinski definition) is 0. The fourth-order valence-electron chi connectivity index (χ4n) is 1.31. The Bertz CT molecular complexity index is 529. The molecule has 1 aromatic heterocycles. The van der Waals surface area contributed by atoms with E-state index < -0.39 is 0 Å². The van der Waals surface area contributed by atoms with Crippen molar-refractivity contribution in [2.24, 2.45) is 0 Å². The van der Waals surface area contributed by atoms with Crippen molar-refractivity contribution < 1.29 is 14.0 Å². The first-order valence-corrected chi connectivity index (χ1v) is 4.93. The van der Waals surface area contributed by atoms with Crippen LogP contribution in [0.15, 0.2) is 35.0 Å². The van der Waals surface area contributed by atoms with Crippen LogP contribution in [0.5, 0.6) is 11.5 Å². The zero-order valence-corrected chi connectivity index (χ0v) is 9.21. The Labute approximate surface area is 98.2 Å². The Kier molecular flexibility index (Phi) is 3.26. The lowest BCUT2D eigenvalue weighted by atomic mass is 10.2. The smallest absolute Gasteiger partial charge is 0.174 e. The molecule has 0 aliphatic heterocycles. The standard InChI is InChI=1S/C12H10N2O3/c1-15-11-4-9(7-13)5-12(6-11)16-8-10-2-3-14-17-10/h2-6H,8H2,1H3. The topological polar surface area (TPSA) is 68.3 Å². The lowest BCUT2D eigenvalue weighted by molar-refractivity contribution is 0.248. The zero-order valence-electron chi connectivity index (χ0n) is 9.21. The Morgan fingerprint density at radius 3 is 2.82 bits per heavy atom. The van der Waals surface area contributed by atoms with Gasteiger partial charge in [0.25, 0.3) is 0 Å². The van der Waals surface area contributed by atoms with Crippen molar-refractivity contribution in [2.45, 2.75) is 6.61 Å². The van der Waals surface area contributed by atoms with Crippen molar-refractivity contribution in [3.63, 3.8) is 0 Å². The fraction of sp³-hybridized carbons (Fsp3) is 0.167. The third-order valence-corrected chi connectivity index (χ3v) is 2.12. The van der Waals surface area contributed by atoms with Crippen LogP contribution in [-0.2, 0) is 6.61 Å². The molecule has 0 N–H and O–H groups in total. The summed E-state index contributed by atoms with van der Waals surface area (Å²) in [5, 5.41) is 12.4. The molecule has 0 radical (unpaired) electrons. The molecule has 2 aromatic rings. The van der Waals surface area contributed by atoms with Gasteiger partial charge in [-0.2, -0.15) is 5.26 Å². The van der Waals surface area contributed by atoms with E-state index in [9.17, 15) is 0 Å². The molecule has 0 unspecified atom stereocenters. The largest absolute Gasteiger partial charge is 0.497 e. The number of benzene rings is 1. The third-order valence-electron chi connectivity index (χ3n) is 2.12. The van der Waals surface area contributed by atoms with E-state index in [4.69, 9.17) is 19.3 Å². The zero-order chi connectivity index (χ0) is 12.1. The maximum absolute atomic E-state index is 8.84. The van der Waals surface area contributed by atoms with Crippen LogP contribution >= 0.6 is 0 Å². The van der Waals surface area contributed by atoms with Gasteiger partial charge in [0.2, 0.25) is 0 Å². The van der Waals surface area contributed by atoms with Gasteiger partial charge in [-0.1, -0.05) is 5.16 Å². The second-order valence-electron chi connectivity index (χ2n) is 3.28. The van der Waals surface area contributed by atoms with Crippen molar-refractivity contribution in [3.8, 4) is 17.6 Å². The summed E-state index contributed by atoms with van der Waals surface area (Å²) in [6, 6.07) is 8.74. The molecule has 17 heavy (non-hydrogen) atoms. The van der Waals surface area contributed by atoms with Crippen molar-refractivity contribution in [1.82, 2.24) is 5.16 Å². The molecule has 1 heterocycles. The highest BCUT2D eigenvalue weighted by Gasteiger charge is 2.04. The van der Waals surface area contributed by atoms with Crippen LogP contribution in [0.3, 0.4) is 0 Å². The van der Waals surface area contributed by atoms with E-state index in [2.05, 4.69) is 5.16 Å². The highest BCUT2D eigenvalue weighted by molar-refractivity contribution is 5.43. The molecule has 0 aliphatic rings. The maximum Gasteiger partial charge on any atom is 0.174 e. The number of hydrogen-bond acceptors (Lipinski definition) is 5. The third kappa shape index (κ3) is 2.75. The summed E-state index contributed by atoms with van der Waals surface area (Å²) in [5.74, 6) is 1.75. The van der Waals surface area contributed by atoms with Gasteiger partial charge in [-0.3, -0.25) is 0 Å². The van der Waals surface area contributed by atoms with E-state index in [1.165, 1.54) is 7.11 Å². The van der Waals surface area contributed by atoms with E-state index in [1.807, 2.05) is 6.07 Å². The van der Waals surface area contributed by atoms with Crippen molar-refractivity contribution in [3.05, 3.63) is 41.8 Å². The van der Waals surface area contributed by atoms with Crippen LogP contribution in [0.25, 0.3) is 0 Å². The Hall–Kier alpha value is -2.48. The van der Waals surface area contributed by atoms with Gasteiger partial charge < -0.3 is 14.0 Å². The van der Waals surface area contributed by atoms with E-state index in [0.717, 1.165) is 0 Å². The van der Waals surface area contributed by atoms with Crippen LogP contribution in [0, 0.1) is 11.3 Å². The summed E-state index contributed by atoms with van der Waals surface area (Å²) in [5.41, 5.74) is 0.483. The van der Waals surface area contributed by atoms with Gasteiger partial charge in [-0.25, -0.2) is 0 Å². The predicted molar refractivity (Wildman–Crippen MR) is 58.5 cm³/mol. The summed E-state index contributed by atoms with van der Waals surface area (Å²) >= 11 is 0. The van der Waals surface area contributed by atoms with Gasteiger partial charge in [-0.15, -0.1) is 0 Å². The van der Waals surface area contributed by atoms with Crippen molar-refractivity contribution in [2.75, 3.05) is 7.11 Å². The number of rotatable bonds is 4. The summed E-state index contributed by atoms with van der Waals surface area (Å²) in [7, 11) is 1.54. The van der Waals surface area contributed by atoms with Gasteiger partial charge in [0.05, 0.1) is 24.9 Å². The lowest BCUT2D eigenvalue weighted by Crippen LogP contribution is -1.95. The molecule has 5 nitrogen and oxygen atoms in total. The first kappa shape index (κ1) is 11.0. The molecule has 86 valence electrons. The molecule has 0 spiro atoms. The molecule has 0 saturated carbocycles. The molecule has 0 bridgehead atoms. The number of ether oxygens (including phenoxy) is 2. The molecule has 1 aromatic carbocycles. The van der Waals surface area contributed by atoms with Gasteiger partial charge in [-0.05, 0) is 12.1 Å². The van der Waals surface area contributed by atoms with E-state index in [0.29, 0.717) is 22.8 Å². The van der Waals surface area contributed by atoms with Crippen molar-refractivity contribution >= 4 is 0 Å². The number of aromatic nitrogens is 1. The first-order valence-electron chi connectivity index (χ1n) is 4.93. The van der Waals surface area contributed by atoms with E-state index >= 15 is 0 Å². The molecule has 0 saturated heterocycles. The van der Waals surface area contributed by atoms with Gasteiger partial charge in [0, 0.05) is 12.1 Å². The predicted octanol–water partition coefficient (Wildman–Crippen LogP) is 2.13. The molecule has 5 heteroatoms. The molecular formula is C12H10N2O3. The van der Waals surface area contributed by atoms with Crippen LogP contribution in [0.1, 0.15) is 11.3 Å².